The highest BCUT2D eigenvalue weighted by atomic mass is 127. The van der Waals surface area contributed by atoms with Crippen LogP contribution in [0.3, 0.4) is 0 Å². The van der Waals surface area contributed by atoms with Gasteiger partial charge in [0.1, 0.15) is 6.04 Å². The van der Waals surface area contributed by atoms with Gasteiger partial charge < -0.3 is 42.7 Å². The van der Waals surface area contributed by atoms with Gasteiger partial charge >= 0.3 is 0 Å². The number of hydrogen-bond donors (Lipinski definition) is 0. The first kappa shape index (κ1) is 21.9. The van der Waals surface area contributed by atoms with Crippen LogP contribution in [0.5, 0.6) is 17.2 Å². The third kappa shape index (κ3) is 3.84. The van der Waals surface area contributed by atoms with E-state index in [1.165, 1.54) is 11.1 Å². The SMILES string of the molecule is COc1c2c(cc3c1C(CC(=O)c1ccc(C)cc1C)[N+](C)(C)CC3)OCO2.[I-]. The zero-order valence-corrected chi connectivity index (χ0v) is 19.8. The molecule has 0 fully saturated rings. The lowest BCUT2D eigenvalue weighted by Crippen LogP contribution is -3.00. The first-order valence-corrected chi connectivity index (χ1v) is 9.74. The molecule has 0 N–H and O–H groups in total. The van der Waals surface area contributed by atoms with Crippen molar-refractivity contribution in [2.45, 2.75) is 32.7 Å². The van der Waals surface area contributed by atoms with Gasteiger partial charge in [0.15, 0.2) is 17.3 Å². The molecule has 0 amide bonds. The zero-order valence-electron chi connectivity index (χ0n) is 17.7. The van der Waals surface area contributed by atoms with Gasteiger partial charge in [0.2, 0.25) is 12.5 Å². The predicted molar refractivity (Wildman–Crippen MR) is 107 cm³/mol. The number of halogens is 1. The minimum Gasteiger partial charge on any atom is -1.00 e. The molecule has 2 aliphatic heterocycles. The van der Waals surface area contributed by atoms with Crippen LogP contribution in [0.25, 0.3) is 0 Å². The predicted octanol–water partition coefficient (Wildman–Crippen LogP) is 0.991. The molecule has 0 saturated carbocycles. The Balaban J connectivity index is 0.00000240. The third-order valence-corrected chi connectivity index (χ3v) is 6.14. The summed E-state index contributed by atoms with van der Waals surface area (Å²) in [6.07, 6.45) is 1.35. The molecule has 1 unspecified atom stereocenters. The molecule has 2 aromatic rings. The molecular weight excluding hydrogens is 481 g/mol. The fraction of sp³-hybridized carbons (Fsp3) is 0.435. The largest absolute Gasteiger partial charge is 1.00 e. The van der Waals surface area contributed by atoms with Gasteiger partial charge in [0, 0.05) is 12.0 Å². The van der Waals surface area contributed by atoms with E-state index in [2.05, 4.69) is 26.2 Å². The fourth-order valence-corrected chi connectivity index (χ4v) is 4.53. The average Bonchev–Trinajstić information content (AvgIpc) is 3.10. The molecule has 5 nitrogen and oxygen atoms in total. The zero-order chi connectivity index (χ0) is 20.1. The Morgan fingerprint density at radius 1 is 1.21 bits per heavy atom. The second-order valence-electron chi connectivity index (χ2n) is 8.43. The Kier molecular flexibility index (Phi) is 6.15. The summed E-state index contributed by atoms with van der Waals surface area (Å²) in [4.78, 5) is 13.3. The number of hydrogen-bond acceptors (Lipinski definition) is 4. The standard InChI is InChI=1S/C23H28NO4.HI/c1-14-6-7-17(15(2)10-14)19(25)12-18-21-16(8-9-24(18,3)4)11-20-22(23(21)26-5)28-13-27-20;/h6-7,10-11,18H,8-9,12-13H2,1-5H3;1H/q+1;/p-1. The van der Waals surface area contributed by atoms with Crippen LogP contribution in [-0.2, 0) is 6.42 Å². The van der Waals surface area contributed by atoms with Crippen LogP contribution in [0.4, 0.5) is 0 Å². The van der Waals surface area contributed by atoms with E-state index in [0.717, 1.165) is 39.9 Å². The Labute approximate surface area is 189 Å². The topological polar surface area (TPSA) is 44.8 Å². The highest BCUT2D eigenvalue weighted by molar-refractivity contribution is 5.98. The van der Waals surface area contributed by atoms with E-state index in [4.69, 9.17) is 14.2 Å². The second-order valence-corrected chi connectivity index (χ2v) is 8.43. The molecule has 4 rings (SSSR count). The molecule has 6 heteroatoms. The lowest BCUT2D eigenvalue weighted by Gasteiger charge is -2.43. The monoisotopic (exact) mass is 509 g/mol. The van der Waals surface area contributed by atoms with Crippen molar-refractivity contribution in [3.8, 4) is 17.2 Å². The van der Waals surface area contributed by atoms with E-state index in [9.17, 15) is 4.79 Å². The van der Waals surface area contributed by atoms with Crippen molar-refractivity contribution in [1.82, 2.24) is 0 Å². The van der Waals surface area contributed by atoms with Crippen LogP contribution in [-0.4, -0.2) is 44.8 Å². The van der Waals surface area contributed by atoms with Gasteiger partial charge in [-0.25, -0.2) is 0 Å². The number of rotatable bonds is 4. The summed E-state index contributed by atoms with van der Waals surface area (Å²) >= 11 is 0. The van der Waals surface area contributed by atoms with Gasteiger partial charge in [0.25, 0.3) is 0 Å². The molecule has 2 heterocycles. The van der Waals surface area contributed by atoms with Gasteiger partial charge in [-0.15, -0.1) is 0 Å². The van der Waals surface area contributed by atoms with Crippen molar-refractivity contribution >= 4 is 5.78 Å². The molecule has 0 bridgehead atoms. The van der Waals surface area contributed by atoms with E-state index in [0.29, 0.717) is 17.9 Å². The van der Waals surface area contributed by atoms with Gasteiger partial charge in [-0.2, -0.15) is 0 Å². The maximum Gasteiger partial charge on any atom is 0.231 e. The number of ether oxygens (including phenoxy) is 3. The number of nitrogens with zero attached hydrogens (tertiary/aromatic N) is 1. The highest BCUT2D eigenvalue weighted by Gasteiger charge is 2.42. The number of likely N-dealkylation sites (N-methyl/N-ethyl adjacent to an activating group) is 1. The Morgan fingerprint density at radius 2 is 1.97 bits per heavy atom. The van der Waals surface area contributed by atoms with Crippen LogP contribution in [0.2, 0.25) is 0 Å². The van der Waals surface area contributed by atoms with E-state index in [1.54, 1.807) is 7.11 Å². The fourth-order valence-electron chi connectivity index (χ4n) is 4.53. The molecule has 1 atom stereocenters. The number of fused-ring (bicyclic) bond motifs is 2. The smallest absolute Gasteiger partial charge is 0.231 e. The highest BCUT2D eigenvalue weighted by Crippen LogP contribution is 2.51. The summed E-state index contributed by atoms with van der Waals surface area (Å²) in [6.45, 7) is 5.22. The normalized spacial score (nSPS) is 18.6. The number of methoxy groups -OCH3 is 1. The molecular formula is C23H28INO4. The van der Waals surface area contributed by atoms with Crippen LogP contribution in [0, 0.1) is 13.8 Å². The number of ketones is 1. The summed E-state index contributed by atoms with van der Waals surface area (Å²) in [5.74, 6) is 2.28. The van der Waals surface area contributed by atoms with Gasteiger partial charge in [-0.3, -0.25) is 4.79 Å². The number of Topliss-reactive ketones (excluding diaryl/α,β-unsaturated/α-hetero) is 1. The number of quaternary nitrogens is 1. The minimum absolute atomic E-state index is 0. The summed E-state index contributed by atoms with van der Waals surface area (Å²) in [6, 6.07) is 8.09. The number of carbonyl (C=O) groups is 1. The summed E-state index contributed by atoms with van der Waals surface area (Å²) in [5.41, 5.74) is 5.28. The van der Waals surface area contributed by atoms with Crippen molar-refractivity contribution in [2.75, 3.05) is 34.5 Å². The average molecular weight is 509 g/mol. The van der Waals surface area contributed by atoms with E-state index in [1.807, 2.05) is 26.0 Å². The summed E-state index contributed by atoms with van der Waals surface area (Å²) in [7, 11) is 6.04. The van der Waals surface area contributed by atoms with Crippen molar-refractivity contribution in [3.63, 3.8) is 0 Å². The Bertz CT molecular complexity index is 954. The van der Waals surface area contributed by atoms with Crippen molar-refractivity contribution in [2.24, 2.45) is 0 Å². The van der Waals surface area contributed by atoms with Crippen LogP contribution in [0.15, 0.2) is 24.3 Å². The maximum absolute atomic E-state index is 13.3. The first-order valence-electron chi connectivity index (χ1n) is 9.74. The van der Waals surface area contributed by atoms with E-state index in [-0.39, 0.29) is 42.6 Å². The van der Waals surface area contributed by atoms with Crippen LogP contribution < -0.4 is 38.2 Å². The Morgan fingerprint density at radius 3 is 2.66 bits per heavy atom. The van der Waals surface area contributed by atoms with Gasteiger partial charge in [-0.1, -0.05) is 23.8 Å². The molecule has 0 saturated heterocycles. The number of carbonyl (C=O) groups excluding carboxylic acids is 1. The first-order chi connectivity index (χ1) is 13.3. The molecule has 29 heavy (non-hydrogen) atoms. The lowest BCUT2D eigenvalue weighted by molar-refractivity contribution is -0.922. The van der Waals surface area contributed by atoms with Crippen molar-refractivity contribution < 1.29 is 47.5 Å². The molecule has 0 spiro atoms. The minimum atomic E-state index is 0. The van der Waals surface area contributed by atoms with Crippen molar-refractivity contribution in [3.05, 3.63) is 52.1 Å². The lowest BCUT2D eigenvalue weighted by atomic mass is 9.85. The van der Waals surface area contributed by atoms with Crippen LogP contribution in [0.1, 0.15) is 45.1 Å². The third-order valence-electron chi connectivity index (χ3n) is 6.14. The number of benzene rings is 2. The van der Waals surface area contributed by atoms with Gasteiger partial charge in [0.05, 0.1) is 39.7 Å². The molecule has 2 aliphatic rings. The van der Waals surface area contributed by atoms with E-state index < -0.39 is 0 Å². The molecule has 156 valence electrons. The van der Waals surface area contributed by atoms with E-state index >= 15 is 0 Å². The second kappa shape index (κ2) is 8.14. The Hall–Kier alpha value is -1.80. The van der Waals surface area contributed by atoms with Crippen molar-refractivity contribution in [1.29, 1.82) is 0 Å². The van der Waals surface area contributed by atoms with Crippen LogP contribution >= 0.6 is 0 Å². The number of aryl methyl sites for hydroxylation is 2. The molecule has 0 radical (unpaired) electrons. The summed E-state index contributed by atoms with van der Waals surface area (Å²) < 4.78 is 17.8. The molecule has 2 aromatic carbocycles. The molecule has 0 aliphatic carbocycles. The quantitative estimate of drug-likeness (QED) is 0.351. The van der Waals surface area contributed by atoms with Gasteiger partial charge in [-0.05, 0) is 31.0 Å². The molecule has 0 aromatic heterocycles. The maximum atomic E-state index is 13.3. The summed E-state index contributed by atoms with van der Waals surface area (Å²) in [5, 5.41) is 0.